The first-order valence-electron chi connectivity index (χ1n) is 8.97. The molecule has 0 bridgehead atoms. The number of nitrogens with zero attached hydrogens (tertiary/aromatic N) is 1. The van der Waals surface area contributed by atoms with Crippen LogP contribution in [0.4, 0.5) is 8.78 Å². The Hall–Kier alpha value is -3.36. The number of H-pyrrole nitrogens is 1. The van der Waals surface area contributed by atoms with Gasteiger partial charge in [-0.25, -0.2) is 13.8 Å². The summed E-state index contributed by atoms with van der Waals surface area (Å²) in [5, 5.41) is 3.54. The van der Waals surface area contributed by atoms with Gasteiger partial charge in [0, 0.05) is 42.7 Å². The smallest absolute Gasteiger partial charge is 0.250 e. The predicted octanol–water partition coefficient (Wildman–Crippen LogP) is 2.99. The Morgan fingerprint density at radius 3 is 2.69 bits per heavy atom. The van der Waals surface area contributed by atoms with Crippen molar-refractivity contribution in [1.82, 2.24) is 15.3 Å². The summed E-state index contributed by atoms with van der Waals surface area (Å²) in [4.78, 5) is 17.8. The molecule has 2 heterocycles. The van der Waals surface area contributed by atoms with Crippen LogP contribution in [0, 0.1) is 11.6 Å². The molecule has 3 rings (SSSR count). The fraction of sp³-hybridized carbons (Fsp3) is 0.300. The average molecular weight is 405 g/mol. The number of carbonyl (C=O) groups is 1. The largest absolute Gasteiger partial charge is 0.488 e. The van der Waals surface area contributed by atoms with Crippen molar-refractivity contribution in [3.8, 4) is 17.4 Å². The molecule has 7 nitrogen and oxygen atoms in total. The first kappa shape index (κ1) is 20.4. The van der Waals surface area contributed by atoms with Gasteiger partial charge in [0.05, 0.1) is 13.3 Å². The van der Waals surface area contributed by atoms with E-state index in [-0.39, 0.29) is 36.5 Å². The maximum atomic E-state index is 14.3. The van der Waals surface area contributed by atoms with Crippen molar-refractivity contribution in [1.29, 1.82) is 0 Å². The van der Waals surface area contributed by atoms with Crippen molar-refractivity contribution in [3.63, 3.8) is 0 Å². The van der Waals surface area contributed by atoms with E-state index in [4.69, 9.17) is 14.2 Å². The second-order valence-electron chi connectivity index (χ2n) is 6.23. The Kier molecular flexibility index (Phi) is 6.48. The van der Waals surface area contributed by atoms with Crippen LogP contribution in [-0.2, 0) is 11.2 Å². The van der Waals surface area contributed by atoms with E-state index in [0.29, 0.717) is 18.5 Å². The number of fused-ring (bicyclic) bond motifs is 1. The molecule has 154 valence electrons. The van der Waals surface area contributed by atoms with E-state index in [9.17, 15) is 13.6 Å². The predicted molar refractivity (Wildman–Crippen MR) is 102 cm³/mol. The molecule has 0 fully saturated rings. The minimum atomic E-state index is -0.637. The van der Waals surface area contributed by atoms with Crippen LogP contribution >= 0.6 is 0 Å². The molecular formula is C20H21F2N3O4. The van der Waals surface area contributed by atoms with Gasteiger partial charge < -0.3 is 24.5 Å². The second kappa shape index (κ2) is 9.22. The number of carbonyl (C=O) groups excluding carboxylic acids is 1. The number of rotatable bonds is 9. The number of pyridine rings is 1. The highest BCUT2D eigenvalue weighted by atomic mass is 19.1. The van der Waals surface area contributed by atoms with Gasteiger partial charge in [-0.05, 0) is 18.1 Å². The van der Waals surface area contributed by atoms with Crippen molar-refractivity contribution in [2.45, 2.75) is 13.3 Å². The molecule has 0 atom stereocenters. The Morgan fingerprint density at radius 1 is 1.17 bits per heavy atom. The van der Waals surface area contributed by atoms with Crippen LogP contribution in [0.25, 0.3) is 10.9 Å². The van der Waals surface area contributed by atoms with Gasteiger partial charge in [0.2, 0.25) is 11.8 Å². The number of aromatic nitrogens is 2. The molecule has 2 N–H and O–H groups in total. The molecule has 9 heteroatoms. The van der Waals surface area contributed by atoms with Gasteiger partial charge in [-0.15, -0.1) is 0 Å². The van der Waals surface area contributed by atoms with Gasteiger partial charge in [0.1, 0.15) is 19.0 Å². The molecule has 2 aromatic heterocycles. The Balaban J connectivity index is 1.59. The number of aromatic amines is 1. The summed E-state index contributed by atoms with van der Waals surface area (Å²) >= 11 is 0. The van der Waals surface area contributed by atoms with Crippen LogP contribution in [0.5, 0.6) is 17.4 Å². The molecule has 0 unspecified atom stereocenters. The summed E-state index contributed by atoms with van der Waals surface area (Å²) in [5.41, 5.74) is 1.58. The van der Waals surface area contributed by atoms with Gasteiger partial charge in [-0.1, -0.05) is 0 Å². The zero-order valence-electron chi connectivity index (χ0n) is 16.1. The quantitative estimate of drug-likeness (QED) is 0.535. The van der Waals surface area contributed by atoms with Crippen molar-refractivity contribution < 1.29 is 27.8 Å². The molecule has 0 saturated heterocycles. The normalized spacial score (nSPS) is 10.8. The van der Waals surface area contributed by atoms with Gasteiger partial charge in [-0.3, -0.25) is 4.79 Å². The molecule has 0 aliphatic carbocycles. The van der Waals surface area contributed by atoms with Crippen molar-refractivity contribution in [2.24, 2.45) is 0 Å². The van der Waals surface area contributed by atoms with E-state index in [1.54, 1.807) is 12.3 Å². The lowest BCUT2D eigenvalue weighted by Gasteiger charge is -2.10. The molecule has 0 saturated carbocycles. The lowest BCUT2D eigenvalue weighted by atomic mass is 10.1. The van der Waals surface area contributed by atoms with Crippen molar-refractivity contribution >= 4 is 16.8 Å². The third-order valence-corrected chi connectivity index (χ3v) is 4.17. The summed E-state index contributed by atoms with van der Waals surface area (Å²) < 4.78 is 43.4. The summed E-state index contributed by atoms with van der Waals surface area (Å²) in [6, 6.07) is 4.12. The molecule has 1 aromatic carbocycles. The van der Waals surface area contributed by atoms with Crippen LogP contribution < -0.4 is 19.5 Å². The highest BCUT2D eigenvalue weighted by Gasteiger charge is 2.11. The summed E-state index contributed by atoms with van der Waals surface area (Å²) in [6.07, 6.45) is 3.71. The maximum Gasteiger partial charge on any atom is 0.250 e. The number of hydrogen-bond acceptors (Lipinski definition) is 5. The average Bonchev–Trinajstić information content (AvgIpc) is 3.06. The lowest BCUT2D eigenvalue weighted by molar-refractivity contribution is -0.118. The minimum absolute atomic E-state index is 0.0573. The number of ether oxygens (including phenoxy) is 3. The molecule has 0 aliphatic rings. The standard InChI is InChI=1S/C20H21F2N3O4/c1-12(26)23-4-3-13-10-24-18-9-16(21)19(8-15(13)18)29-6-5-28-14-7-17(22)20(27-2)25-11-14/h7-11,24H,3-6H2,1-2H3,(H,23,26). The number of halogens is 2. The molecule has 1 amide bonds. The number of amides is 1. The molecule has 0 aliphatic heterocycles. The number of hydrogen-bond donors (Lipinski definition) is 2. The first-order valence-corrected chi connectivity index (χ1v) is 8.97. The molecule has 3 aromatic rings. The van der Waals surface area contributed by atoms with Gasteiger partial charge in [-0.2, -0.15) is 0 Å². The second-order valence-corrected chi connectivity index (χ2v) is 6.23. The van der Waals surface area contributed by atoms with Crippen LogP contribution in [0.3, 0.4) is 0 Å². The molecule has 0 spiro atoms. The Morgan fingerprint density at radius 2 is 1.97 bits per heavy atom. The zero-order chi connectivity index (χ0) is 20.8. The molecular weight excluding hydrogens is 384 g/mol. The maximum absolute atomic E-state index is 14.3. The topological polar surface area (TPSA) is 85.5 Å². The minimum Gasteiger partial charge on any atom is -0.488 e. The SMILES string of the molecule is COc1ncc(OCCOc2cc3c(CCNC(C)=O)c[nH]c3cc2F)cc1F. The van der Waals surface area contributed by atoms with Crippen molar-refractivity contribution in [2.75, 3.05) is 26.9 Å². The monoisotopic (exact) mass is 405 g/mol. The molecule has 29 heavy (non-hydrogen) atoms. The zero-order valence-corrected chi connectivity index (χ0v) is 16.1. The van der Waals surface area contributed by atoms with Crippen LogP contribution in [0.15, 0.2) is 30.6 Å². The molecule has 0 radical (unpaired) electrons. The van der Waals surface area contributed by atoms with E-state index in [2.05, 4.69) is 15.3 Å². The van der Waals surface area contributed by atoms with E-state index in [1.165, 1.54) is 26.3 Å². The third-order valence-electron chi connectivity index (χ3n) is 4.17. The Labute approximate surface area is 166 Å². The van der Waals surface area contributed by atoms with E-state index >= 15 is 0 Å². The van der Waals surface area contributed by atoms with Gasteiger partial charge in [0.15, 0.2) is 17.4 Å². The summed E-state index contributed by atoms with van der Waals surface area (Å²) in [5.74, 6) is -1.07. The van der Waals surface area contributed by atoms with E-state index < -0.39 is 11.6 Å². The number of nitrogens with one attached hydrogen (secondary N) is 2. The summed E-state index contributed by atoms with van der Waals surface area (Å²) in [7, 11) is 1.32. The third kappa shape index (κ3) is 5.13. The van der Waals surface area contributed by atoms with Crippen molar-refractivity contribution in [3.05, 3.63) is 47.8 Å². The summed E-state index contributed by atoms with van der Waals surface area (Å²) in [6.45, 7) is 2.07. The van der Waals surface area contributed by atoms with Gasteiger partial charge in [0.25, 0.3) is 0 Å². The first-order chi connectivity index (χ1) is 14.0. The van der Waals surface area contributed by atoms with E-state index in [0.717, 1.165) is 17.0 Å². The van der Waals surface area contributed by atoms with Gasteiger partial charge >= 0.3 is 0 Å². The van der Waals surface area contributed by atoms with Crippen LogP contribution in [0.1, 0.15) is 12.5 Å². The highest BCUT2D eigenvalue weighted by molar-refractivity contribution is 5.85. The lowest BCUT2D eigenvalue weighted by Crippen LogP contribution is -2.22. The van der Waals surface area contributed by atoms with Crippen LogP contribution in [-0.4, -0.2) is 42.7 Å². The van der Waals surface area contributed by atoms with E-state index in [1.807, 2.05) is 0 Å². The fourth-order valence-electron chi connectivity index (χ4n) is 2.82. The fourth-order valence-corrected chi connectivity index (χ4v) is 2.82. The van der Waals surface area contributed by atoms with Crippen LogP contribution in [0.2, 0.25) is 0 Å². The number of benzene rings is 1. The highest BCUT2D eigenvalue weighted by Crippen LogP contribution is 2.27. The Bertz CT molecular complexity index is 1010. The number of methoxy groups -OCH3 is 1.